The Kier molecular flexibility index (Phi) is 4.87. The van der Waals surface area contributed by atoms with Crippen molar-refractivity contribution in [3.05, 3.63) is 65.7 Å². The predicted molar refractivity (Wildman–Crippen MR) is 129 cm³/mol. The summed E-state index contributed by atoms with van der Waals surface area (Å²) < 4.78 is 5.42. The summed E-state index contributed by atoms with van der Waals surface area (Å²) in [7, 11) is 1.52. The van der Waals surface area contributed by atoms with E-state index >= 15 is 0 Å². The highest BCUT2D eigenvalue weighted by Crippen LogP contribution is 2.64. The second kappa shape index (κ2) is 7.78. The molecule has 4 amide bonds. The van der Waals surface area contributed by atoms with Crippen molar-refractivity contribution in [3.63, 3.8) is 0 Å². The molecule has 1 saturated carbocycles. The van der Waals surface area contributed by atoms with Crippen LogP contribution in [0.4, 0.5) is 5.69 Å². The van der Waals surface area contributed by atoms with Gasteiger partial charge in [0, 0.05) is 11.5 Å². The number of allylic oxidation sites excluding steroid dienone is 2. The van der Waals surface area contributed by atoms with Crippen LogP contribution in [0.1, 0.15) is 31.2 Å². The number of carbonyl (C=O) groups is 4. The number of ether oxygens (including phenoxy) is 1. The number of phenols is 1. The van der Waals surface area contributed by atoms with E-state index in [4.69, 9.17) is 4.74 Å². The fraction of sp³-hybridized carbons (Fsp3) is 0.357. The number of fused-ring (bicyclic) bond motifs is 4. The molecule has 0 spiro atoms. The number of hydrogen-bond acceptors (Lipinski definition) is 6. The molecular weight excluding hydrogens is 460 g/mol. The fourth-order valence-electron chi connectivity index (χ4n) is 6.98. The van der Waals surface area contributed by atoms with Crippen LogP contribution in [0.3, 0.4) is 0 Å². The molecule has 2 heterocycles. The number of para-hydroxylation sites is 1. The molecule has 36 heavy (non-hydrogen) atoms. The number of phenolic OH excluding ortho intramolecular Hbond substituents is 1. The summed E-state index contributed by atoms with van der Waals surface area (Å²) in [5.74, 6) is -3.73. The van der Waals surface area contributed by atoms with E-state index in [2.05, 4.69) is 5.32 Å². The Labute approximate surface area is 207 Å². The molecule has 0 radical (unpaired) electrons. The molecule has 2 aliphatic carbocycles. The van der Waals surface area contributed by atoms with Gasteiger partial charge in [-0.05, 0) is 56.0 Å². The third-order valence-corrected chi connectivity index (χ3v) is 8.68. The van der Waals surface area contributed by atoms with Crippen LogP contribution in [-0.4, -0.2) is 35.8 Å². The van der Waals surface area contributed by atoms with Crippen LogP contribution in [0.15, 0.2) is 60.2 Å². The van der Waals surface area contributed by atoms with E-state index in [1.165, 1.54) is 18.1 Å². The lowest BCUT2D eigenvalue weighted by molar-refractivity contribution is -0.131. The second-order valence-corrected chi connectivity index (χ2v) is 10.3. The van der Waals surface area contributed by atoms with Crippen molar-refractivity contribution in [2.75, 3.05) is 12.0 Å². The number of anilines is 1. The topological polar surface area (TPSA) is 113 Å². The lowest BCUT2D eigenvalue weighted by atomic mass is 9.51. The molecule has 0 aromatic heterocycles. The highest BCUT2D eigenvalue weighted by molar-refractivity contribution is 6.24. The molecule has 3 fully saturated rings. The molecule has 2 aliphatic heterocycles. The zero-order valence-electron chi connectivity index (χ0n) is 19.9. The van der Waals surface area contributed by atoms with Crippen molar-refractivity contribution in [3.8, 4) is 11.5 Å². The van der Waals surface area contributed by atoms with Crippen molar-refractivity contribution in [1.82, 2.24) is 5.32 Å². The van der Waals surface area contributed by atoms with Gasteiger partial charge in [0.15, 0.2) is 0 Å². The minimum atomic E-state index is -1.20. The Hall–Kier alpha value is -3.94. The van der Waals surface area contributed by atoms with Gasteiger partial charge in [-0.2, -0.15) is 0 Å². The smallest absolute Gasteiger partial charge is 0.241 e. The van der Waals surface area contributed by atoms with Gasteiger partial charge in [-0.15, -0.1) is 0 Å². The standard InChI is InChI=1S/C28H26N2O6/c1-28-20(26(34)30(27(28)35)14-6-4-3-5-7-14)13-18-16(9-10-17-22(18)25(33)29-24(17)32)23(28)19-12-15(36-2)8-11-21(19)31/h3-9,11-12,17-18,20,22-23,31H,10,13H2,1-2H3,(H,29,32,33). The maximum Gasteiger partial charge on any atom is 0.241 e. The molecule has 8 nitrogen and oxygen atoms in total. The van der Waals surface area contributed by atoms with Crippen molar-refractivity contribution in [2.24, 2.45) is 29.1 Å². The SMILES string of the molecule is COc1ccc(O)c(C2C3=CCC4C(=O)NC(=O)C4C3CC3C(=O)N(c4ccccc4)C(=O)C32C)c1. The van der Waals surface area contributed by atoms with Crippen molar-refractivity contribution in [2.45, 2.75) is 25.7 Å². The monoisotopic (exact) mass is 486 g/mol. The molecule has 2 saturated heterocycles. The maximum atomic E-state index is 14.2. The first-order chi connectivity index (χ1) is 17.3. The third kappa shape index (κ3) is 2.87. The molecule has 4 aliphatic rings. The molecule has 2 aromatic rings. The van der Waals surface area contributed by atoms with Gasteiger partial charge < -0.3 is 9.84 Å². The molecule has 2 N–H and O–H groups in total. The number of hydrogen-bond donors (Lipinski definition) is 2. The molecular formula is C28H26N2O6. The number of nitrogens with zero attached hydrogens (tertiary/aromatic N) is 1. The quantitative estimate of drug-likeness (QED) is 0.510. The normalized spacial score (nSPS) is 33.0. The number of methoxy groups -OCH3 is 1. The predicted octanol–water partition coefficient (Wildman–Crippen LogP) is 2.92. The van der Waals surface area contributed by atoms with Crippen molar-refractivity contribution in [1.29, 1.82) is 0 Å². The van der Waals surface area contributed by atoms with Gasteiger partial charge in [-0.1, -0.05) is 29.8 Å². The zero-order chi connectivity index (χ0) is 25.4. The number of imide groups is 2. The van der Waals surface area contributed by atoms with Crippen LogP contribution >= 0.6 is 0 Å². The molecule has 8 heteroatoms. The fourth-order valence-corrected chi connectivity index (χ4v) is 6.98. The first kappa shape index (κ1) is 22.5. The summed E-state index contributed by atoms with van der Waals surface area (Å²) in [6, 6.07) is 13.6. The van der Waals surface area contributed by atoms with Crippen LogP contribution in [0.25, 0.3) is 0 Å². The van der Waals surface area contributed by atoms with Gasteiger partial charge >= 0.3 is 0 Å². The molecule has 6 unspecified atom stereocenters. The van der Waals surface area contributed by atoms with Gasteiger partial charge in [0.2, 0.25) is 23.6 Å². The lowest BCUT2D eigenvalue weighted by Gasteiger charge is -2.49. The van der Waals surface area contributed by atoms with Crippen LogP contribution in [0, 0.1) is 29.1 Å². The van der Waals surface area contributed by atoms with Crippen molar-refractivity contribution < 1.29 is 29.0 Å². The minimum Gasteiger partial charge on any atom is -0.508 e. The van der Waals surface area contributed by atoms with Crippen LogP contribution in [0.2, 0.25) is 0 Å². The van der Waals surface area contributed by atoms with Crippen LogP contribution < -0.4 is 15.0 Å². The highest BCUT2D eigenvalue weighted by Gasteiger charge is 2.67. The van der Waals surface area contributed by atoms with E-state index in [0.717, 1.165) is 5.57 Å². The van der Waals surface area contributed by atoms with Crippen molar-refractivity contribution >= 4 is 29.3 Å². The number of rotatable bonds is 3. The molecule has 6 rings (SSSR count). The zero-order valence-corrected chi connectivity index (χ0v) is 19.9. The summed E-state index contributed by atoms with van der Waals surface area (Å²) in [5.41, 5.74) is 0.572. The summed E-state index contributed by atoms with van der Waals surface area (Å²) in [6.45, 7) is 1.79. The van der Waals surface area contributed by atoms with Gasteiger partial charge in [-0.3, -0.25) is 24.5 Å². The largest absolute Gasteiger partial charge is 0.508 e. The summed E-state index contributed by atoms with van der Waals surface area (Å²) >= 11 is 0. The molecule has 2 aromatic carbocycles. The first-order valence-electron chi connectivity index (χ1n) is 12.1. The molecule has 0 bridgehead atoms. The maximum absolute atomic E-state index is 14.2. The third-order valence-electron chi connectivity index (χ3n) is 8.68. The Balaban J connectivity index is 1.57. The van der Waals surface area contributed by atoms with E-state index in [1.54, 1.807) is 43.3 Å². The Morgan fingerprint density at radius 1 is 1.03 bits per heavy atom. The second-order valence-electron chi connectivity index (χ2n) is 10.3. The average molecular weight is 487 g/mol. The van der Waals surface area contributed by atoms with E-state index in [9.17, 15) is 24.3 Å². The van der Waals surface area contributed by atoms with E-state index in [-0.39, 0.29) is 35.8 Å². The van der Waals surface area contributed by atoms with Crippen LogP contribution in [0.5, 0.6) is 11.5 Å². The Morgan fingerprint density at radius 3 is 2.50 bits per heavy atom. The lowest BCUT2D eigenvalue weighted by Crippen LogP contribution is -2.48. The highest BCUT2D eigenvalue weighted by atomic mass is 16.5. The van der Waals surface area contributed by atoms with Gasteiger partial charge in [0.25, 0.3) is 0 Å². The molecule has 6 atom stereocenters. The van der Waals surface area contributed by atoms with E-state index in [0.29, 0.717) is 23.4 Å². The number of benzene rings is 2. The van der Waals surface area contributed by atoms with Gasteiger partial charge in [0.05, 0.1) is 36.0 Å². The Bertz CT molecular complexity index is 1350. The molecule has 184 valence electrons. The summed E-state index contributed by atoms with van der Waals surface area (Å²) in [4.78, 5) is 54.7. The number of carbonyl (C=O) groups excluding carboxylic acids is 4. The number of amides is 4. The number of nitrogens with one attached hydrogen (secondary N) is 1. The van der Waals surface area contributed by atoms with Gasteiger partial charge in [-0.25, -0.2) is 4.90 Å². The summed E-state index contributed by atoms with van der Waals surface area (Å²) in [6.07, 6.45) is 2.58. The van der Waals surface area contributed by atoms with E-state index in [1.807, 2.05) is 12.1 Å². The minimum absolute atomic E-state index is 0.0187. The van der Waals surface area contributed by atoms with E-state index < -0.39 is 35.0 Å². The average Bonchev–Trinajstić information content (AvgIpc) is 3.27. The summed E-state index contributed by atoms with van der Waals surface area (Å²) in [5, 5.41) is 13.5. The Morgan fingerprint density at radius 2 is 1.78 bits per heavy atom. The number of aromatic hydroxyl groups is 1. The van der Waals surface area contributed by atoms with Crippen LogP contribution in [-0.2, 0) is 19.2 Å². The first-order valence-corrected chi connectivity index (χ1v) is 12.1. The van der Waals surface area contributed by atoms with Gasteiger partial charge in [0.1, 0.15) is 11.5 Å².